The zero-order valence-corrected chi connectivity index (χ0v) is 14.9. The topological polar surface area (TPSA) is 108 Å². The molecule has 1 aliphatic rings. The van der Waals surface area contributed by atoms with Gasteiger partial charge in [0.1, 0.15) is 22.0 Å². The molecule has 2 heterocycles. The number of amides is 1. The number of carboxylic acid groups (broad SMARTS) is 1. The molecule has 1 aromatic rings. The summed E-state index contributed by atoms with van der Waals surface area (Å²) < 4.78 is 32.1. The van der Waals surface area contributed by atoms with Crippen molar-refractivity contribution in [1.29, 1.82) is 0 Å². The van der Waals surface area contributed by atoms with Crippen LogP contribution in [0.4, 0.5) is 0 Å². The van der Waals surface area contributed by atoms with Crippen molar-refractivity contribution in [3.8, 4) is 0 Å². The van der Waals surface area contributed by atoms with Crippen molar-refractivity contribution in [3.63, 3.8) is 0 Å². The van der Waals surface area contributed by atoms with Crippen LogP contribution in [0.5, 0.6) is 0 Å². The Morgan fingerprint density at radius 1 is 1.12 bits per heavy atom. The number of hydrogen-bond donors (Lipinski definition) is 1. The fraction of sp³-hybridized carbons (Fsp3) is 0.600. The van der Waals surface area contributed by atoms with E-state index in [4.69, 9.17) is 4.42 Å². The first-order valence-corrected chi connectivity index (χ1v) is 9.25. The van der Waals surface area contributed by atoms with Crippen molar-refractivity contribution in [2.75, 3.05) is 26.2 Å². The van der Waals surface area contributed by atoms with Crippen molar-refractivity contribution in [2.45, 2.75) is 38.5 Å². The first kappa shape index (κ1) is 18.5. The van der Waals surface area contributed by atoms with Gasteiger partial charge in [-0.25, -0.2) is 13.2 Å². The minimum atomic E-state index is -3.99. The first-order chi connectivity index (χ1) is 11.2. The van der Waals surface area contributed by atoms with Crippen LogP contribution in [0.15, 0.2) is 9.31 Å². The number of carbonyl (C=O) groups is 2. The van der Waals surface area contributed by atoms with Crippen LogP contribution >= 0.6 is 0 Å². The first-order valence-electron chi connectivity index (χ1n) is 7.81. The Hall–Kier alpha value is -1.87. The third-order valence-corrected chi connectivity index (χ3v) is 6.12. The molecule has 0 aromatic carbocycles. The summed E-state index contributed by atoms with van der Waals surface area (Å²) in [4.78, 5) is 24.6. The van der Waals surface area contributed by atoms with Gasteiger partial charge < -0.3 is 14.4 Å². The number of carbonyl (C=O) groups excluding carboxylic acids is 1. The van der Waals surface area contributed by atoms with Crippen LogP contribution in [0.2, 0.25) is 0 Å². The lowest BCUT2D eigenvalue weighted by Gasteiger charge is -2.34. The Bertz CT molecular complexity index is 744. The van der Waals surface area contributed by atoms with E-state index in [0.717, 1.165) is 6.42 Å². The number of hydrogen-bond acceptors (Lipinski definition) is 5. The van der Waals surface area contributed by atoms with Gasteiger partial charge in [0.15, 0.2) is 0 Å². The number of carboxylic acids is 1. The Balaban J connectivity index is 2.25. The van der Waals surface area contributed by atoms with E-state index in [1.54, 1.807) is 4.90 Å². The second-order valence-corrected chi connectivity index (χ2v) is 7.63. The molecule has 0 radical (unpaired) electrons. The third kappa shape index (κ3) is 3.32. The van der Waals surface area contributed by atoms with E-state index in [-0.39, 0.29) is 41.0 Å². The lowest BCUT2D eigenvalue weighted by molar-refractivity contribution is -0.132. The molecule has 0 bridgehead atoms. The lowest BCUT2D eigenvalue weighted by atomic mass is 10.2. The lowest BCUT2D eigenvalue weighted by Crippen LogP contribution is -2.50. The summed E-state index contributed by atoms with van der Waals surface area (Å²) in [5, 5.41) is 9.30. The fourth-order valence-corrected chi connectivity index (χ4v) is 4.70. The van der Waals surface area contributed by atoms with Gasteiger partial charge in [0.05, 0.1) is 0 Å². The average molecular weight is 358 g/mol. The Labute approximate surface area is 141 Å². The summed E-state index contributed by atoms with van der Waals surface area (Å²) in [6.45, 7) is 5.66. The predicted octanol–water partition coefficient (Wildman–Crippen LogP) is 1.23. The van der Waals surface area contributed by atoms with Gasteiger partial charge in [0, 0.05) is 32.6 Å². The summed E-state index contributed by atoms with van der Waals surface area (Å²) in [7, 11) is -3.99. The SMILES string of the molecule is CCCC(=O)N1CCN(S(=O)(=O)c2c(C)oc(C)c2C(=O)O)CC1. The Kier molecular flexibility index (Phi) is 5.34. The van der Waals surface area contributed by atoms with Crippen LogP contribution in [-0.2, 0) is 14.8 Å². The maximum atomic E-state index is 12.8. The molecule has 1 saturated heterocycles. The highest BCUT2D eigenvalue weighted by atomic mass is 32.2. The van der Waals surface area contributed by atoms with Gasteiger partial charge in [0.25, 0.3) is 0 Å². The molecule has 0 unspecified atom stereocenters. The van der Waals surface area contributed by atoms with Crippen molar-refractivity contribution < 1.29 is 27.5 Å². The highest BCUT2D eigenvalue weighted by Crippen LogP contribution is 2.29. The number of furan rings is 1. The van der Waals surface area contributed by atoms with E-state index in [0.29, 0.717) is 19.5 Å². The number of piperazine rings is 1. The van der Waals surface area contributed by atoms with E-state index in [2.05, 4.69) is 0 Å². The second-order valence-electron chi connectivity index (χ2n) is 5.76. The van der Waals surface area contributed by atoms with Crippen molar-refractivity contribution in [3.05, 3.63) is 17.1 Å². The number of sulfonamides is 1. The van der Waals surface area contributed by atoms with Crippen LogP contribution < -0.4 is 0 Å². The van der Waals surface area contributed by atoms with E-state index >= 15 is 0 Å². The van der Waals surface area contributed by atoms with Crippen molar-refractivity contribution >= 4 is 21.9 Å². The van der Waals surface area contributed by atoms with Crippen molar-refractivity contribution in [2.24, 2.45) is 0 Å². The monoisotopic (exact) mass is 358 g/mol. The molecular formula is C15H22N2O6S. The largest absolute Gasteiger partial charge is 0.478 e. The Morgan fingerprint density at radius 2 is 1.71 bits per heavy atom. The van der Waals surface area contributed by atoms with Gasteiger partial charge in [-0.3, -0.25) is 4.79 Å². The maximum absolute atomic E-state index is 12.8. The molecule has 24 heavy (non-hydrogen) atoms. The predicted molar refractivity (Wildman–Crippen MR) is 85.4 cm³/mol. The van der Waals surface area contributed by atoms with E-state index in [1.807, 2.05) is 6.92 Å². The molecule has 2 rings (SSSR count). The van der Waals surface area contributed by atoms with Crippen LogP contribution in [0, 0.1) is 13.8 Å². The van der Waals surface area contributed by atoms with Gasteiger partial charge >= 0.3 is 5.97 Å². The second kappa shape index (κ2) is 6.94. The fourth-order valence-electron chi connectivity index (χ4n) is 2.90. The zero-order chi connectivity index (χ0) is 18.1. The number of aromatic carboxylic acids is 1. The summed E-state index contributed by atoms with van der Waals surface area (Å²) in [6, 6.07) is 0. The summed E-state index contributed by atoms with van der Waals surface area (Å²) in [5.41, 5.74) is -0.322. The molecule has 1 aliphatic heterocycles. The summed E-state index contributed by atoms with van der Waals surface area (Å²) >= 11 is 0. The summed E-state index contributed by atoms with van der Waals surface area (Å²) in [5.74, 6) is -1.19. The molecular weight excluding hydrogens is 336 g/mol. The van der Waals surface area contributed by atoms with E-state index < -0.39 is 16.0 Å². The number of aryl methyl sites for hydroxylation is 2. The highest BCUT2D eigenvalue weighted by Gasteiger charge is 2.37. The molecule has 1 fully saturated rings. The van der Waals surface area contributed by atoms with Gasteiger partial charge in [0.2, 0.25) is 15.9 Å². The average Bonchev–Trinajstić information content (AvgIpc) is 2.83. The quantitative estimate of drug-likeness (QED) is 0.848. The molecule has 134 valence electrons. The third-order valence-electron chi connectivity index (χ3n) is 4.07. The summed E-state index contributed by atoms with van der Waals surface area (Å²) in [6.07, 6.45) is 1.18. The van der Waals surface area contributed by atoms with Crippen LogP contribution in [0.3, 0.4) is 0 Å². The normalized spacial score (nSPS) is 16.4. The van der Waals surface area contributed by atoms with Crippen LogP contribution in [0.25, 0.3) is 0 Å². The van der Waals surface area contributed by atoms with Crippen LogP contribution in [-0.4, -0.2) is 60.8 Å². The molecule has 1 N–H and O–H groups in total. The molecule has 1 amide bonds. The van der Waals surface area contributed by atoms with Crippen LogP contribution in [0.1, 0.15) is 41.6 Å². The molecule has 8 nitrogen and oxygen atoms in total. The minimum absolute atomic E-state index is 0.0103. The standard InChI is InChI=1S/C15H22N2O6S/c1-4-5-12(18)16-6-8-17(9-7-16)24(21,22)14-11(3)23-10(2)13(14)15(19)20/h4-9H2,1-3H3,(H,19,20). The molecule has 0 aliphatic carbocycles. The minimum Gasteiger partial charge on any atom is -0.478 e. The molecule has 0 atom stereocenters. The van der Waals surface area contributed by atoms with E-state index in [9.17, 15) is 23.1 Å². The van der Waals surface area contributed by atoms with Gasteiger partial charge in [-0.15, -0.1) is 0 Å². The maximum Gasteiger partial charge on any atom is 0.340 e. The molecule has 0 saturated carbocycles. The number of nitrogens with zero attached hydrogens (tertiary/aromatic N) is 2. The molecule has 1 aromatic heterocycles. The van der Waals surface area contributed by atoms with Gasteiger partial charge in [-0.1, -0.05) is 6.92 Å². The zero-order valence-electron chi connectivity index (χ0n) is 14.0. The van der Waals surface area contributed by atoms with Gasteiger partial charge in [-0.05, 0) is 20.3 Å². The van der Waals surface area contributed by atoms with Gasteiger partial charge in [-0.2, -0.15) is 4.31 Å². The number of rotatable bonds is 5. The molecule has 9 heteroatoms. The Morgan fingerprint density at radius 3 is 2.21 bits per heavy atom. The molecule has 0 spiro atoms. The highest BCUT2D eigenvalue weighted by molar-refractivity contribution is 7.89. The smallest absolute Gasteiger partial charge is 0.340 e. The van der Waals surface area contributed by atoms with E-state index in [1.165, 1.54) is 18.2 Å². The van der Waals surface area contributed by atoms with Crippen molar-refractivity contribution in [1.82, 2.24) is 9.21 Å².